The normalized spacial score (nSPS) is 11.3. The van der Waals surface area contributed by atoms with Crippen LogP contribution in [0.2, 0.25) is 5.15 Å². The number of hydrogen-bond donors (Lipinski definition) is 1. The lowest BCUT2D eigenvalue weighted by Gasteiger charge is -1.95. The molecule has 0 amide bonds. The molecule has 0 saturated heterocycles. The third kappa shape index (κ3) is 2.20. The van der Waals surface area contributed by atoms with Crippen LogP contribution in [-0.4, -0.2) is 25.7 Å². The molecule has 0 spiro atoms. The topological polar surface area (TPSA) is 67.5 Å². The maximum Gasteiger partial charge on any atom is 0.307 e. The van der Waals surface area contributed by atoms with E-state index in [1.807, 2.05) is 0 Å². The van der Waals surface area contributed by atoms with E-state index in [0.29, 0.717) is 16.5 Å². The molecule has 5 nitrogen and oxygen atoms in total. The van der Waals surface area contributed by atoms with Crippen LogP contribution < -0.4 is 0 Å². The van der Waals surface area contributed by atoms with Crippen molar-refractivity contribution in [1.29, 1.82) is 0 Å². The fraction of sp³-hybridized carbons (Fsp3) is 0.100. The summed E-state index contributed by atoms with van der Waals surface area (Å²) in [6.07, 6.45) is 4.76. The van der Waals surface area contributed by atoms with Crippen molar-refractivity contribution in [3.05, 3.63) is 35.3 Å². The zero-order valence-electron chi connectivity index (χ0n) is 8.17. The van der Waals surface area contributed by atoms with Gasteiger partial charge in [0.2, 0.25) is 0 Å². The largest absolute Gasteiger partial charge is 0.481 e. The van der Waals surface area contributed by atoms with E-state index in [-0.39, 0.29) is 6.42 Å². The number of fused-ring (bicyclic) bond motifs is 1. The molecule has 0 atom stereocenters. The Bertz CT molecular complexity index is 562. The predicted molar refractivity (Wildman–Crippen MR) is 59.3 cm³/mol. The summed E-state index contributed by atoms with van der Waals surface area (Å²) in [5.74, 6) is -0.879. The third-order valence-electron chi connectivity index (χ3n) is 1.94. The van der Waals surface area contributed by atoms with Crippen molar-refractivity contribution >= 4 is 29.3 Å². The van der Waals surface area contributed by atoms with E-state index in [4.69, 9.17) is 16.7 Å². The highest BCUT2D eigenvalue weighted by molar-refractivity contribution is 6.29. The summed E-state index contributed by atoms with van der Waals surface area (Å²) in [5.41, 5.74) is 1.36. The monoisotopic (exact) mass is 237 g/mol. The minimum absolute atomic E-state index is 0.0339. The van der Waals surface area contributed by atoms with Gasteiger partial charge in [-0.2, -0.15) is 5.10 Å². The first kappa shape index (κ1) is 10.6. The highest BCUT2D eigenvalue weighted by atomic mass is 35.5. The molecule has 0 aliphatic carbocycles. The molecule has 2 heterocycles. The van der Waals surface area contributed by atoms with Crippen molar-refractivity contribution in [2.45, 2.75) is 6.42 Å². The summed E-state index contributed by atoms with van der Waals surface area (Å²) in [7, 11) is 0. The number of hydrogen-bond acceptors (Lipinski definition) is 3. The average Bonchev–Trinajstić information content (AvgIpc) is 2.60. The number of aliphatic carboxylic acids is 1. The molecule has 0 aliphatic rings. The highest BCUT2D eigenvalue weighted by Gasteiger charge is 2.01. The Hall–Kier alpha value is -1.88. The van der Waals surface area contributed by atoms with Gasteiger partial charge in [-0.3, -0.25) is 4.79 Å². The molecule has 2 aromatic heterocycles. The van der Waals surface area contributed by atoms with E-state index in [1.165, 1.54) is 6.08 Å². The minimum atomic E-state index is -0.879. The van der Waals surface area contributed by atoms with E-state index >= 15 is 0 Å². The summed E-state index contributed by atoms with van der Waals surface area (Å²) in [5, 5.41) is 12.9. The fourth-order valence-corrected chi connectivity index (χ4v) is 1.40. The standard InChI is InChI=1S/C10H8ClN3O2/c11-8-4-5-9-12-6-7(14(9)13-8)2-1-3-10(15)16/h1-2,4-6H,3H2,(H,15,16). The first-order valence-corrected chi connectivity index (χ1v) is 4.93. The lowest BCUT2D eigenvalue weighted by molar-refractivity contribution is -0.135. The van der Waals surface area contributed by atoms with Gasteiger partial charge in [-0.1, -0.05) is 17.7 Å². The zero-order chi connectivity index (χ0) is 11.5. The summed E-state index contributed by atoms with van der Waals surface area (Å²) < 4.78 is 1.56. The van der Waals surface area contributed by atoms with Gasteiger partial charge in [0.25, 0.3) is 0 Å². The Balaban J connectivity index is 2.34. The molecule has 0 bridgehead atoms. The van der Waals surface area contributed by atoms with Gasteiger partial charge in [-0.25, -0.2) is 9.50 Å². The van der Waals surface area contributed by atoms with Crippen LogP contribution in [0.4, 0.5) is 0 Å². The second kappa shape index (κ2) is 4.32. The highest BCUT2D eigenvalue weighted by Crippen LogP contribution is 2.10. The van der Waals surface area contributed by atoms with E-state index < -0.39 is 5.97 Å². The van der Waals surface area contributed by atoms with Crippen LogP contribution in [0.5, 0.6) is 0 Å². The number of rotatable bonds is 3. The molecule has 0 unspecified atom stereocenters. The molecule has 0 fully saturated rings. The second-order valence-corrected chi connectivity index (χ2v) is 3.50. The maximum absolute atomic E-state index is 10.3. The smallest absolute Gasteiger partial charge is 0.307 e. The predicted octanol–water partition coefficient (Wildman–Crippen LogP) is 1.87. The SMILES string of the molecule is O=C(O)CC=Cc1cnc2ccc(Cl)nn12. The Labute approximate surface area is 96.0 Å². The van der Waals surface area contributed by atoms with Crippen molar-refractivity contribution in [3.8, 4) is 0 Å². The molecule has 82 valence electrons. The summed E-state index contributed by atoms with van der Waals surface area (Å²) in [6, 6.07) is 3.39. The summed E-state index contributed by atoms with van der Waals surface area (Å²) in [6.45, 7) is 0. The van der Waals surface area contributed by atoms with Gasteiger partial charge in [0, 0.05) is 0 Å². The molecule has 0 aliphatic heterocycles. The van der Waals surface area contributed by atoms with Crippen molar-refractivity contribution in [3.63, 3.8) is 0 Å². The van der Waals surface area contributed by atoms with E-state index in [0.717, 1.165) is 0 Å². The molecule has 6 heteroatoms. The first-order chi connectivity index (χ1) is 7.66. The van der Waals surface area contributed by atoms with Crippen molar-refractivity contribution < 1.29 is 9.90 Å². The zero-order valence-corrected chi connectivity index (χ0v) is 8.92. The van der Waals surface area contributed by atoms with Gasteiger partial charge in [-0.15, -0.1) is 0 Å². The van der Waals surface area contributed by atoms with Crippen LogP contribution in [0, 0.1) is 0 Å². The van der Waals surface area contributed by atoms with Crippen LogP contribution in [0.1, 0.15) is 12.1 Å². The minimum Gasteiger partial charge on any atom is -0.481 e. The number of carboxylic acids is 1. The van der Waals surface area contributed by atoms with E-state index in [1.54, 1.807) is 28.9 Å². The quantitative estimate of drug-likeness (QED) is 0.885. The van der Waals surface area contributed by atoms with Gasteiger partial charge in [0.05, 0.1) is 18.3 Å². The second-order valence-electron chi connectivity index (χ2n) is 3.11. The van der Waals surface area contributed by atoms with E-state index in [2.05, 4.69) is 10.1 Å². The molecule has 2 aromatic rings. The Kier molecular flexibility index (Phi) is 2.87. The molecule has 0 saturated carbocycles. The van der Waals surface area contributed by atoms with Crippen LogP contribution in [0.15, 0.2) is 24.4 Å². The van der Waals surface area contributed by atoms with Crippen molar-refractivity contribution in [2.24, 2.45) is 0 Å². The van der Waals surface area contributed by atoms with Crippen molar-refractivity contribution in [1.82, 2.24) is 14.6 Å². The van der Waals surface area contributed by atoms with Crippen LogP contribution in [-0.2, 0) is 4.79 Å². The number of halogens is 1. The molecule has 1 N–H and O–H groups in total. The number of aromatic nitrogens is 3. The first-order valence-electron chi connectivity index (χ1n) is 4.55. The Morgan fingerprint density at radius 3 is 3.12 bits per heavy atom. The average molecular weight is 238 g/mol. The molecule has 0 aromatic carbocycles. The van der Waals surface area contributed by atoms with Gasteiger partial charge >= 0.3 is 5.97 Å². The Morgan fingerprint density at radius 2 is 2.38 bits per heavy atom. The van der Waals surface area contributed by atoms with E-state index in [9.17, 15) is 4.79 Å². The van der Waals surface area contributed by atoms with Gasteiger partial charge < -0.3 is 5.11 Å². The molecule has 16 heavy (non-hydrogen) atoms. The number of carboxylic acid groups (broad SMARTS) is 1. The van der Waals surface area contributed by atoms with Gasteiger partial charge in [0.15, 0.2) is 5.65 Å². The Morgan fingerprint density at radius 1 is 1.56 bits per heavy atom. The number of carbonyl (C=O) groups is 1. The molecular weight excluding hydrogens is 230 g/mol. The van der Waals surface area contributed by atoms with Crippen LogP contribution in [0.3, 0.4) is 0 Å². The lowest BCUT2D eigenvalue weighted by Crippen LogP contribution is -1.94. The van der Waals surface area contributed by atoms with Crippen LogP contribution in [0.25, 0.3) is 11.7 Å². The van der Waals surface area contributed by atoms with Gasteiger partial charge in [0.1, 0.15) is 5.15 Å². The van der Waals surface area contributed by atoms with Gasteiger partial charge in [-0.05, 0) is 18.2 Å². The number of imidazole rings is 1. The van der Waals surface area contributed by atoms with Crippen LogP contribution >= 0.6 is 11.6 Å². The third-order valence-corrected chi connectivity index (χ3v) is 2.14. The molecule has 2 rings (SSSR count). The molecular formula is C10H8ClN3O2. The molecule has 0 radical (unpaired) electrons. The van der Waals surface area contributed by atoms with Crippen molar-refractivity contribution in [2.75, 3.05) is 0 Å². The maximum atomic E-state index is 10.3. The fourth-order valence-electron chi connectivity index (χ4n) is 1.26. The lowest BCUT2D eigenvalue weighted by atomic mass is 10.3. The summed E-state index contributed by atoms with van der Waals surface area (Å²) in [4.78, 5) is 14.4. The summed E-state index contributed by atoms with van der Waals surface area (Å²) >= 11 is 5.75. The number of nitrogens with zero attached hydrogens (tertiary/aromatic N) is 3.